The fraction of sp³-hybridized carbons (Fsp3) is 0.235. The Morgan fingerprint density at radius 1 is 1.10 bits per heavy atom. The first-order chi connectivity index (χ1) is 10.1. The van der Waals surface area contributed by atoms with Gasteiger partial charge < -0.3 is 16.0 Å². The van der Waals surface area contributed by atoms with Crippen LogP contribution < -0.4 is 16.0 Å². The Hall–Kier alpha value is -2.33. The van der Waals surface area contributed by atoms with Crippen LogP contribution in [-0.4, -0.2) is 26.0 Å². The van der Waals surface area contributed by atoms with Gasteiger partial charge in [0.05, 0.1) is 6.04 Å². The van der Waals surface area contributed by atoms with Crippen LogP contribution in [0.1, 0.15) is 5.56 Å². The topological polar surface area (TPSA) is 58.4 Å². The summed E-state index contributed by atoms with van der Waals surface area (Å²) in [5.74, 6) is -0.170. The molecule has 21 heavy (non-hydrogen) atoms. The third-order valence-corrected chi connectivity index (χ3v) is 3.29. The Labute approximate surface area is 125 Å². The van der Waals surface area contributed by atoms with Gasteiger partial charge in [0.15, 0.2) is 0 Å². The first-order valence-corrected chi connectivity index (χ1v) is 6.94. The van der Waals surface area contributed by atoms with Crippen LogP contribution in [0.3, 0.4) is 0 Å². The second kappa shape index (κ2) is 6.90. The van der Waals surface area contributed by atoms with E-state index >= 15 is 0 Å². The molecule has 0 aliphatic carbocycles. The summed E-state index contributed by atoms with van der Waals surface area (Å²) in [7, 11) is 3.95. The van der Waals surface area contributed by atoms with Crippen molar-refractivity contribution in [2.45, 2.75) is 12.5 Å². The summed E-state index contributed by atoms with van der Waals surface area (Å²) in [6, 6.07) is 16.9. The van der Waals surface area contributed by atoms with Crippen LogP contribution >= 0.6 is 0 Å². The highest BCUT2D eigenvalue weighted by Gasteiger charge is 2.14. The summed E-state index contributed by atoms with van der Waals surface area (Å²) in [6.07, 6.45) is 0.530. The molecule has 0 bridgehead atoms. The number of nitrogens with two attached hydrogens (primary N) is 1. The van der Waals surface area contributed by atoms with E-state index in [0.29, 0.717) is 6.42 Å². The van der Waals surface area contributed by atoms with Crippen molar-refractivity contribution in [1.29, 1.82) is 0 Å². The molecular weight excluding hydrogens is 262 g/mol. The number of benzene rings is 2. The molecule has 0 aliphatic rings. The molecule has 0 saturated carbocycles. The van der Waals surface area contributed by atoms with Crippen LogP contribution in [0.4, 0.5) is 11.4 Å². The van der Waals surface area contributed by atoms with E-state index in [2.05, 4.69) is 5.32 Å². The number of anilines is 2. The van der Waals surface area contributed by atoms with Gasteiger partial charge in [-0.2, -0.15) is 0 Å². The van der Waals surface area contributed by atoms with Gasteiger partial charge in [-0.1, -0.05) is 30.3 Å². The van der Waals surface area contributed by atoms with Gasteiger partial charge in [0.1, 0.15) is 0 Å². The minimum atomic E-state index is -0.555. The van der Waals surface area contributed by atoms with E-state index in [-0.39, 0.29) is 5.91 Å². The van der Waals surface area contributed by atoms with Crippen LogP contribution in [0.25, 0.3) is 0 Å². The molecule has 0 radical (unpaired) electrons. The van der Waals surface area contributed by atoms with Crippen molar-refractivity contribution in [1.82, 2.24) is 0 Å². The van der Waals surface area contributed by atoms with Gasteiger partial charge in [0.25, 0.3) is 0 Å². The fourth-order valence-corrected chi connectivity index (χ4v) is 2.04. The molecule has 0 heterocycles. The van der Waals surface area contributed by atoms with Gasteiger partial charge in [-0.05, 0) is 36.2 Å². The zero-order valence-electron chi connectivity index (χ0n) is 12.4. The minimum Gasteiger partial charge on any atom is -0.378 e. The lowest BCUT2D eigenvalue weighted by Gasteiger charge is -2.15. The highest BCUT2D eigenvalue weighted by molar-refractivity contribution is 5.95. The molecule has 0 saturated heterocycles. The molecule has 2 aromatic rings. The SMILES string of the molecule is CN(C)c1ccc(NC(=O)[C@@H](N)Cc2ccccc2)cc1. The van der Waals surface area contributed by atoms with Gasteiger partial charge in [-0.15, -0.1) is 0 Å². The highest BCUT2D eigenvalue weighted by atomic mass is 16.2. The predicted octanol–water partition coefficient (Wildman–Crippen LogP) is 2.26. The van der Waals surface area contributed by atoms with E-state index in [1.165, 1.54) is 0 Å². The van der Waals surface area contributed by atoms with Crippen molar-refractivity contribution in [3.63, 3.8) is 0 Å². The maximum absolute atomic E-state index is 12.1. The molecular formula is C17H21N3O. The zero-order chi connectivity index (χ0) is 15.2. The number of nitrogens with one attached hydrogen (secondary N) is 1. The van der Waals surface area contributed by atoms with E-state index in [0.717, 1.165) is 16.9 Å². The van der Waals surface area contributed by atoms with Crippen molar-refractivity contribution in [3.05, 3.63) is 60.2 Å². The third kappa shape index (κ3) is 4.33. The quantitative estimate of drug-likeness (QED) is 0.885. The first-order valence-electron chi connectivity index (χ1n) is 6.94. The molecule has 0 aromatic heterocycles. The molecule has 0 aliphatic heterocycles. The second-order valence-corrected chi connectivity index (χ2v) is 5.23. The van der Waals surface area contributed by atoms with Crippen LogP contribution in [0.5, 0.6) is 0 Å². The van der Waals surface area contributed by atoms with E-state index in [9.17, 15) is 4.79 Å². The third-order valence-electron chi connectivity index (χ3n) is 3.29. The van der Waals surface area contributed by atoms with Crippen molar-refractivity contribution in [2.24, 2.45) is 5.73 Å². The van der Waals surface area contributed by atoms with E-state index in [1.54, 1.807) is 0 Å². The second-order valence-electron chi connectivity index (χ2n) is 5.23. The largest absolute Gasteiger partial charge is 0.378 e. The Bertz CT molecular complexity index is 579. The smallest absolute Gasteiger partial charge is 0.241 e. The van der Waals surface area contributed by atoms with Crippen molar-refractivity contribution < 1.29 is 4.79 Å². The van der Waals surface area contributed by atoms with Gasteiger partial charge in [0.2, 0.25) is 5.91 Å². The first kappa shape index (κ1) is 15.1. The summed E-state index contributed by atoms with van der Waals surface area (Å²) in [5, 5.41) is 2.85. The van der Waals surface area contributed by atoms with E-state index in [4.69, 9.17) is 5.73 Å². The number of carbonyl (C=O) groups is 1. The van der Waals surface area contributed by atoms with Crippen LogP contribution in [-0.2, 0) is 11.2 Å². The maximum Gasteiger partial charge on any atom is 0.241 e. The summed E-state index contributed by atoms with van der Waals surface area (Å²) in [6.45, 7) is 0. The lowest BCUT2D eigenvalue weighted by atomic mass is 10.1. The van der Waals surface area contributed by atoms with Crippen molar-refractivity contribution in [3.8, 4) is 0 Å². The number of carbonyl (C=O) groups excluding carboxylic acids is 1. The number of rotatable bonds is 5. The van der Waals surface area contributed by atoms with E-state index < -0.39 is 6.04 Å². The molecule has 4 heteroatoms. The monoisotopic (exact) mass is 283 g/mol. The highest BCUT2D eigenvalue weighted by Crippen LogP contribution is 2.16. The molecule has 2 rings (SSSR count). The molecule has 0 spiro atoms. The zero-order valence-corrected chi connectivity index (χ0v) is 12.4. The summed E-state index contributed by atoms with van der Waals surface area (Å²) >= 11 is 0. The number of nitrogens with zero attached hydrogens (tertiary/aromatic N) is 1. The lowest BCUT2D eigenvalue weighted by molar-refractivity contribution is -0.117. The Kier molecular flexibility index (Phi) is 4.95. The fourth-order valence-electron chi connectivity index (χ4n) is 2.04. The maximum atomic E-state index is 12.1. The lowest BCUT2D eigenvalue weighted by Crippen LogP contribution is -2.37. The van der Waals surface area contributed by atoms with Gasteiger partial charge in [-0.25, -0.2) is 0 Å². The molecule has 1 atom stereocenters. The molecule has 0 fully saturated rings. The molecule has 110 valence electrons. The molecule has 1 amide bonds. The Balaban J connectivity index is 1.94. The minimum absolute atomic E-state index is 0.170. The van der Waals surface area contributed by atoms with Crippen molar-refractivity contribution >= 4 is 17.3 Å². The number of hydrogen-bond donors (Lipinski definition) is 2. The summed E-state index contributed by atoms with van der Waals surface area (Å²) in [4.78, 5) is 14.1. The van der Waals surface area contributed by atoms with Gasteiger partial charge in [0, 0.05) is 25.5 Å². The van der Waals surface area contributed by atoms with Gasteiger partial charge in [-0.3, -0.25) is 4.79 Å². The number of amides is 1. The number of hydrogen-bond acceptors (Lipinski definition) is 3. The van der Waals surface area contributed by atoms with Crippen LogP contribution in [0.15, 0.2) is 54.6 Å². The van der Waals surface area contributed by atoms with Crippen LogP contribution in [0.2, 0.25) is 0 Å². The average molecular weight is 283 g/mol. The Morgan fingerprint density at radius 3 is 2.29 bits per heavy atom. The van der Waals surface area contributed by atoms with Crippen molar-refractivity contribution in [2.75, 3.05) is 24.3 Å². The summed E-state index contributed by atoms with van der Waals surface area (Å²) in [5.41, 5.74) is 8.86. The predicted molar refractivity (Wildman–Crippen MR) is 87.5 cm³/mol. The van der Waals surface area contributed by atoms with Crippen LogP contribution in [0, 0.1) is 0 Å². The van der Waals surface area contributed by atoms with E-state index in [1.807, 2.05) is 73.6 Å². The standard InChI is InChI=1S/C17H21N3O/c1-20(2)15-10-8-14(9-11-15)19-17(21)16(18)12-13-6-4-3-5-7-13/h3-11,16H,12,18H2,1-2H3,(H,19,21)/t16-/m0/s1. The molecule has 4 nitrogen and oxygen atoms in total. The molecule has 3 N–H and O–H groups in total. The Morgan fingerprint density at radius 2 is 1.71 bits per heavy atom. The van der Waals surface area contributed by atoms with Gasteiger partial charge >= 0.3 is 0 Å². The normalized spacial score (nSPS) is 11.8. The summed E-state index contributed by atoms with van der Waals surface area (Å²) < 4.78 is 0. The average Bonchev–Trinajstić information content (AvgIpc) is 2.48. The molecule has 0 unspecified atom stereocenters. The molecule has 2 aromatic carbocycles.